The average Bonchev–Trinajstić information content (AvgIpc) is 2.83. The normalized spacial score (nSPS) is 12.8. The number of halogens is 1. The predicted molar refractivity (Wildman–Crippen MR) is 69.3 cm³/mol. The Kier molecular flexibility index (Phi) is 4.14. The summed E-state index contributed by atoms with van der Waals surface area (Å²) in [4.78, 5) is 15.4. The molecule has 2 aromatic rings. The van der Waals surface area contributed by atoms with Crippen LogP contribution in [0.15, 0.2) is 12.7 Å². The third-order valence-electron chi connectivity index (χ3n) is 2.65. The van der Waals surface area contributed by atoms with E-state index in [1.807, 2.05) is 0 Å². The smallest absolute Gasteiger partial charge is 0.182 e. The van der Waals surface area contributed by atoms with Gasteiger partial charge < -0.3 is 10.3 Å². The largest absolute Gasteiger partial charge is 0.368 e. The van der Waals surface area contributed by atoms with Gasteiger partial charge in [-0.25, -0.2) is 15.0 Å². The summed E-state index contributed by atoms with van der Waals surface area (Å²) in [6.07, 6.45) is 5.34. The van der Waals surface area contributed by atoms with Crippen LogP contribution in [0.25, 0.3) is 11.2 Å². The van der Waals surface area contributed by atoms with Crippen LogP contribution in [-0.4, -0.2) is 32.4 Å². The monoisotopic (exact) mass is 253 g/mol. The first-order valence-corrected chi connectivity index (χ1v) is 6.28. The topological polar surface area (TPSA) is 66.5 Å². The zero-order chi connectivity index (χ0) is 12.1. The number of aromatic nitrogens is 4. The molecule has 17 heavy (non-hydrogen) atoms. The molecule has 2 rings (SSSR count). The van der Waals surface area contributed by atoms with Crippen LogP contribution in [0.2, 0.25) is 0 Å². The maximum atomic E-state index is 5.76. The summed E-state index contributed by atoms with van der Waals surface area (Å²) < 4.78 is 0. The first-order valence-electron chi connectivity index (χ1n) is 5.75. The number of nitrogens with zero attached hydrogens (tertiary/aromatic N) is 3. The Bertz CT molecular complexity index is 470. The van der Waals surface area contributed by atoms with Crippen LogP contribution in [0.1, 0.15) is 19.8 Å². The Morgan fingerprint density at radius 2 is 2.29 bits per heavy atom. The van der Waals surface area contributed by atoms with E-state index in [9.17, 15) is 0 Å². The summed E-state index contributed by atoms with van der Waals surface area (Å²) in [6.45, 7) is 3.04. The van der Waals surface area contributed by atoms with Crippen molar-refractivity contribution in [1.82, 2.24) is 19.9 Å². The Morgan fingerprint density at radius 1 is 1.41 bits per heavy atom. The van der Waals surface area contributed by atoms with Crippen LogP contribution in [0.5, 0.6) is 0 Å². The second-order valence-corrected chi connectivity index (χ2v) is 4.46. The molecule has 0 spiro atoms. The van der Waals surface area contributed by atoms with Gasteiger partial charge in [0.2, 0.25) is 0 Å². The summed E-state index contributed by atoms with van der Waals surface area (Å²) in [6, 6.07) is 0. The number of fused-ring (bicyclic) bond motifs is 1. The molecule has 2 aromatic heterocycles. The number of alkyl halides is 1. The molecule has 1 atom stereocenters. The predicted octanol–water partition coefficient (Wildman–Crippen LogP) is 2.42. The number of hydrogen-bond acceptors (Lipinski definition) is 4. The molecule has 0 amide bonds. The number of hydrogen-bond donors (Lipinski definition) is 2. The molecule has 0 fully saturated rings. The van der Waals surface area contributed by atoms with Gasteiger partial charge in [0.05, 0.1) is 6.33 Å². The Morgan fingerprint density at radius 3 is 3.12 bits per heavy atom. The lowest BCUT2D eigenvalue weighted by Gasteiger charge is -2.08. The highest BCUT2D eigenvalue weighted by atomic mass is 35.5. The molecule has 2 N–H and O–H groups in total. The molecule has 0 aliphatic rings. The van der Waals surface area contributed by atoms with E-state index in [-0.39, 0.29) is 0 Å². The van der Waals surface area contributed by atoms with Gasteiger partial charge in [-0.3, -0.25) is 0 Å². The van der Waals surface area contributed by atoms with E-state index in [2.05, 4.69) is 32.2 Å². The molecule has 92 valence electrons. The molecule has 0 aliphatic carbocycles. The third-order valence-corrected chi connectivity index (χ3v) is 3.18. The molecular formula is C11H16ClN5. The van der Waals surface area contributed by atoms with Gasteiger partial charge in [0, 0.05) is 12.4 Å². The second-order valence-electron chi connectivity index (χ2n) is 4.15. The maximum Gasteiger partial charge on any atom is 0.182 e. The molecule has 0 aromatic carbocycles. The van der Waals surface area contributed by atoms with Gasteiger partial charge in [-0.1, -0.05) is 6.92 Å². The average molecular weight is 254 g/mol. The molecule has 2 heterocycles. The number of imidazole rings is 1. The van der Waals surface area contributed by atoms with E-state index in [4.69, 9.17) is 11.6 Å². The lowest BCUT2D eigenvalue weighted by Crippen LogP contribution is -2.06. The van der Waals surface area contributed by atoms with Crippen molar-refractivity contribution in [3.63, 3.8) is 0 Å². The van der Waals surface area contributed by atoms with Crippen molar-refractivity contribution in [2.45, 2.75) is 19.8 Å². The number of rotatable bonds is 6. The van der Waals surface area contributed by atoms with Crippen LogP contribution in [-0.2, 0) is 0 Å². The minimum Gasteiger partial charge on any atom is -0.368 e. The van der Waals surface area contributed by atoms with Crippen molar-refractivity contribution in [2.24, 2.45) is 5.92 Å². The minimum absolute atomic E-state index is 0.566. The summed E-state index contributed by atoms with van der Waals surface area (Å²) in [5, 5.41) is 3.29. The first kappa shape index (κ1) is 12.1. The molecule has 1 unspecified atom stereocenters. The van der Waals surface area contributed by atoms with E-state index in [0.29, 0.717) is 11.6 Å². The molecule has 0 saturated carbocycles. The van der Waals surface area contributed by atoms with Gasteiger partial charge in [-0.2, -0.15) is 0 Å². The summed E-state index contributed by atoms with van der Waals surface area (Å²) in [7, 11) is 0. The van der Waals surface area contributed by atoms with E-state index >= 15 is 0 Å². The number of nitrogens with one attached hydrogen (secondary N) is 2. The van der Waals surface area contributed by atoms with Crippen LogP contribution < -0.4 is 5.32 Å². The molecule has 0 radical (unpaired) electrons. The summed E-state index contributed by atoms with van der Waals surface area (Å²) in [5.74, 6) is 2.10. The van der Waals surface area contributed by atoms with Crippen LogP contribution in [0.4, 0.5) is 5.82 Å². The van der Waals surface area contributed by atoms with Gasteiger partial charge in [0.25, 0.3) is 0 Å². The lowest BCUT2D eigenvalue weighted by molar-refractivity contribution is 0.572. The standard InChI is InChI=1S/C11H16ClN5/c1-8(5-12)3-2-4-13-10-9-11(15-6-14-9)17-7-16-10/h6-8H,2-5H2,1H3,(H2,13,14,15,16,17). The van der Waals surface area contributed by atoms with Crippen molar-refractivity contribution < 1.29 is 0 Å². The molecule has 6 heteroatoms. The molecule has 0 saturated heterocycles. The zero-order valence-electron chi connectivity index (χ0n) is 9.78. The highest BCUT2D eigenvalue weighted by molar-refractivity contribution is 6.18. The minimum atomic E-state index is 0.566. The van der Waals surface area contributed by atoms with Crippen LogP contribution >= 0.6 is 11.6 Å². The molecular weight excluding hydrogens is 238 g/mol. The van der Waals surface area contributed by atoms with Crippen molar-refractivity contribution >= 4 is 28.6 Å². The van der Waals surface area contributed by atoms with Gasteiger partial charge in [0.15, 0.2) is 11.5 Å². The number of aromatic amines is 1. The highest BCUT2D eigenvalue weighted by Crippen LogP contribution is 2.14. The van der Waals surface area contributed by atoms with Gasteiger partial charge in [0.1, 0.15) is 11.8 Å². The van der Waals surface area contributed by atoms with Crippen LogP contribution in [0, 0.1) is 5.92 Å². The number of anilines is 1. The first-order chi connectivity index (χ1) is 8.31. The quantitative estimate of drug-likeness (QED) is 0.613. The summed E-state index contributed by atoms with van der Waals surface area (Å²) >= 11 is 5.76. The third kappa shape index (κ3) is 3.06. The highest BCUT2D eigenvalue weighted by Gasteiger charge is 2.05. The Hall–Kier alpha value is -1.36. The molecule has 5 nitrogen and oxygen atoms in total. The van der Waals surface area contributed by atoms with Crippen molar-refractivity contribution in [2.75, 3.05) is 17.7 Å². The fourth-order valence-electron chi connectivity index (χ4n) is 1.63. The van der Waals surface area contributed by atoms with Crippen molar-refractivity contribution in [3.05, 3.63) is 12.7 Å². The van der Waals surface area contributed by atoms with Gasteiger partial charge in [-0.05, 0) is 18.8 Å². The van der Waals surface area contributed by atoms with E-state index in [0.717, 1.165) is 36.6 Å². The zero-order valence-corrected chi connectivity index (χ0v) is 10.5. The van der Waals surface area contributed by atoms with Gasteiger partial charge in [-0.15, -0.1) is 11.6 Å². The maximum absolute atomic E-state index is 5.76. The Balaban J connectivity index is 1.88. The lowest BCUT2D eigenvalue weighted by atomic mass is 10.1. The SMILES string of the molecule is CC(CCl)CCCNc1ncnc2nc[nH]c12. The second kappa shape index (κ2) is 5.82. The van der Waals surface area contributed by atoms with Crippen molar-refractivity contribution in [3.8, 4) is 0 Å². The Labute approximate surface area is 105 Å². The van der Waals surface area contributed by atoms with E-state index in [1.54, 1.807) is 6.33 Å². The molecule has 0 bridgehead atoms. The van der Waals surface area contributed by atoms with E-state index in [1.165, 1.54) is 6.33 Å². The van der Waals surface area contributed by atoms with Crippen molar-refractivity contribution in [1.29, 1.82) is 0 Å². The fraction of sp³-hybridized carbons (Fsp3) is 0.545. The number of H-pyrrole nitrogens is 1. The fourth-order valence-corrected chi connectivity index (χ4v) is 1.79. The van der Waals surface area contributed by atoms with E-state index < -0.39 is 0 Å². The summed E-state index contributed by atoms with van der Waals surface area (Å²) in [5.41, 5.74) is 1.55. The van der Waals surface area contributed by atoms with Gasteiger partial charge >= 0.3 is 0 Å². The molecule has 0 aliphatic heterocycles. The van der Waals surface area contributed by atoms with Crippen LogP contribution in [0.3, 0.4) is 0 Å².